The number of carboxylic acids is 1. The summed E-state index contributed by atoms with van der Waals surface area (Å²) >= 11 is 0. The van der Waals surface area contributed by atoms with E-state index < -0.39 is 5.97 Å². The van der Waals surface area contributed by atoms with Gasteiger partial charge in [-0.3, -0.25) is 9.59 Å². The summed E-state index contributed by atoms with van der Waals surface area (Å²) in [7, 11) is 0. The van der Waals surface area contributed by atoms with Crippen molar-refractivity contribution in [3.63, 3.8) is 0 Å². The Hall–Kier alpha value is -2.70. The van der Waals surface area contributed by atoms with E-state index in [-0.39, 0.29) is 24.8 Å². The second-order valence-electron chi connectivity index (χ2n) is 4.73. The quantitative estimate of drug-likeness (QED) is 0.929. The number of rotatable bonds is 4. The van der Waals surface area contributed by atoms with Gasteiger partial charge in [0, 0.05) is 12.1 Å². The second-order valence-corrected chi connectivity index (χ2v) is 4.73. The van der Waals surface area contributed by atoms with Crippen LogP contribution in [-0.4, -0.2) is 27.7 Å². The molecule has 0 unspecified atom stereocenters. The minimum atomic E-state index is -0.886. The van der Waals surface area contributed by atoms with Gasteiger partial charge >= 0.3 is 12.0 Å². The lowest BCUT2D eigenvalue weighted by molar-refractivity contribution is -0.136. The fraction of sp³-hybridized carbons (Fsp3) is 0.286. The Kier molecular flexibility index (Phi) is 3.39. The number of amides is 1. The zero-order valence-corrected chi connectivity index (χ0v) is 11.2. The summed E-state index contributed by atoms with van der Waals surface area (Å²) in [6.07, 6.45) is 1.06. The van der Waals surface area contributed by atoms with Crippen LogP contribution in [0.15, 0.2) is 33.8 Å². The molecule has 3 rings (SSSR count). The third kappa shape index (κ3) is 2.76. The van der Waals surface area contributed by atoms with Gasteiger partial charge in [0.05, 0.1) is 6.42 Å². The van der Waals surface area contributed by atoms with Crippen molar-refractivity contribution < 1.29 is 19.1 Å². The average molecular weight is 287 g/mol. The zero-order chi connectivity index (χ0) is 14.8. The summed E-state index contributed by atoms with van der Waals surface area (Å²) in [4.78, 5) is 26.8. The highest BCUT2D eigenvalue weighted by Gasteiger charge is 2.26. The second kappa shape index (κ2) is 5.35. The number of oxazole rings is 1. The predicted octanol–water partition coefficient (Wildman–Crippen LogP) is 2.18. The molecule has 7 heteroatoms. The topological polar surface area (TPSA) is 96.0 Å². The largest absolute Gasteiger partial charge is 0.481 e. The molecule has 0 atom stereocenters. The molecule has 1 aliphatic rings. The molecule has 0 radical (unpaired) electrons. The van der Waals surface area contributed by atoms with Crippen LogP contribution in [0.4, 0.5) is 6.01 Å². The van der Waals surface area contributed by atoms with Gasteiger partial charge in [-0.15, -0.1) is 5.01 Å². The molecule has 0 aliphatic carbocycles. The number of nitrogens with zero attached hydrogens (tertiary/aromatic N) is 3. The van der Waals surface area contributed by atoms with Crippen molar-refractivity contribution in [1.29, 1.82) is 0 Å². The molecule has 1 amide bonds. The standard InChI is InChI=1S/C14H13N3O4/c18-12-7-5-9(6-8-13(19)20)16-17(12)14-15-10-3-1-2-4-11(10)21-14/h1-4H,5-8H2,(H,19,20). The molecule has 21 heavy (non-hydrogen) atoms. The smallest absolute Gasteiger partial charge is 0.327 e. The Balaban J connectivity index is 1.89. The van der Waals surface area contributed by atoms with Crippen LogP contribution in [0.25, 0.3) is 11.1 Å². The van der Waals surface area contributed by atoms with Crippen LogP contribution in [0.2, 0.25) is 0 Å². The van der Waals surface area contributed by atoms with Crippen molar-refractivity contribution in [2.45, 2.75) is 25.7 Å². The number of hydrogen-bond acceptors (Lipinski definition) is 5. The molecule has 2 heterocycles. The third-order valence-corrected chi connectivity index (χ3v) is 3.20. The van der Waals surface area contributed by atoms with Crippen LogP contribution in [0.1, 0.15) is 25.7 Å². The van der Waals surface area contributed by atoms with Crippen LogP contribution in [-0.2, 0) is 9.59 Å². The highest BCUT2D eigenvalue weighted by molar-refractivity contribution is 6.01. The molecule has 1 aromatic heterocycles. The molecular formula is C14H13N3O4. The fourth-order valence-corrected chi connectivity index (χ4v) is 2.13. The Bertz CT molecular complexity index is 702. The van der Waals surface area contributed by atoms with E-state index in [1.807, 2.05) is 12.1 Å². The van der Waals surface area contributed by atoms with Crippen molar-refractivity contribution in [3.8, 4) is 0 Å². The highest BCUT2D eigenvalue weighted by atomic mass is 16.4. The van der Waals surface area contributed by atoms with E-state index in [2.05, 4.69) is 10.1 Å². The average Bonchev–Trinajstić information content (AvgIpc) is 2.90. The van der Waals surface area contributed by atoms with Crippen LogP contribution >= 0.6 is 0 Å². The van der Waals surface area contributed by atoms with Crippen LogP contribution in [0.3, 0.4) is 0 Å². The number of carbonyl (C=O) groups is 2. The minimum Gasteiger partial charge on any atom is -0.481 e. The van der Waals surface area contributed by atoms with Gasteiger partial charge < -0.3 is 9.52 Å². The maximum atomic E-state index is 12.0. The van der Waals surface area contributed by atoms with E-state index in [0.717, 1.165) is 5.01 Å². The Morgan fingerprint density at radius 1 is 1.33 bits per heavy atom. The molecule has 0 saturated carbocycles. The minimum absolute atomic E-state index is 0.00553. The summed E-state index contributed by atoms with van der Waals surface area (Å²) in [5.41, 5.74) is 1.89. The predicted molar refractivity (Wildman–Crippen MR) is 75.0 cm³/mol. The molecular weight excluding hydrogens is 274 g/mol. The van der Waals surface area contributed by atoms with E-state index in [9.17, 15) is 9.59 Å². The summed E-state index contributed by atoms with van der Waals surface area (Å²) in [6.45, 7) is 0. The number of benzene rings is 1. The Labute approximate surface area is 119 Å². The maximum absolute atomic E-state index is 12.0. The first kappa shape index (κ1) is 13.3. The van der Waals surface area contributed by atoms with Gasteiger partial charge in [-0.05, 0) is 25.0 Å². The van der Waals surface area contributed by atoms with Crippen LogP contribution < -0.4 is 5.01 Å². The lowest BCUT2D eigenvalue weighted by Crippen LogP contribution is -2.31. The van der Waals surface area contributed by atoms with Crippen molar-refractivity contribution in [3.05, 3.63) is 24.3 Å². The SMILES string of the molecule is O=C(O)CCC1=NN(c2nc3ccccc3o2)C(=O)CC1. The van der Waals surface area contributed by atoms with Gasteiger partial charge in [0.2, 0.25) is 0 Å². The van der Waals surface area contributed by atoms with Crippen LogP contribution in [0, 0.1) is 0 Å². The van der Waals surface area contributed by atoms with Gasteiger partial charge in [-0.25, -0.2) is 0 Å². The van der Waals surface area contributed by atoms with Crippen molar-refractivity contribution in [2.75, 3.05) is 5.01 Å². The lowest BCUT2D eigenvalue weighted by Gasteiger charge is -2.19. The Morgan fingerprint density at radius 3 is 2.90 bits per heavy atom. The van der Waals surface area contributed by atoms with Gasteiger partial charge in [-0.1, -0.05) is 12.1 Å². The van der Waals surface area contributed by atoms with E-state index in [1.54, 1.807) is 12.1 Å². The molecule has 2 aromatic rings. The molecule has 0 fully saturated rings. The zero-order valence-electron chi connectivity index (χ0n) is 11.2. The number of hydrazone groups is 1. The van der Waals surface area contributed by atoms with Gasteiger partial charge in [0.15, 0.2) is 5.58 Å². The molecule has 0 bridgehead atoms. The highest BCUT2D eigenvalue weighted by Crippen LogP contribution is 2.25. The molecule has 1 aromatic carbocycles. The van der Waals surface area contributed by atoms with Gasteiger partial charge in [0.1, 0.15) is 5.52 Å². The van der Waals surface area contributed by atoms with Crippen molar-refractivity contribution in [2.24, 2.45) is 5.10 Å². The van der Waals surface area contributed by atoms with E-state index in [4.69, 9.17) is 9.52 Å². The molecule has 0 spiro atoms. The molecule has 1 aliphatic heterocycles. The number of hydrogen-bond donors (Lipinski definition) is 1. The summed E-state index contributed by atoms with van der Waals surface area (Å²) in [6, 6.07) is 7.31. The van der Waals surface area contributed by atoms with Gasteiger partial charge in [0.25, 0.3) is 5.91 Å². The first-order valence-corrected chi connectivity index (χ1v) is 6.60. The first-order chi connectivity index (χ1) is 10.1. The maximum Gasteiger partial charge on any atom is 0.327 e. The first-order valence-electron chi connectivity index (χ1n) is 6.60. The van der Waals surface area contributed by atoms with Crippen molar-refractivity contribution in [1.82, 2.24) is 4.98 Å². The third-order valence-electron chi connectivity index (χ3n) is 3.20. The number of anilines is 1. The number of carbonyl (C=O) groups excluding carboxylic acids is 1. The number of para-hydroxylation sites is 2. The molecule has 1 N–H and O–H groups in total. The normalized spacial score (nSPS) is 15.3. The van der Waals surface area contributed by atoms with Crippen molar-refractivity contribution >= 4 is 34.7 Å². The number of aromatic nitrogens is 1. The molecule has 108 valence electrons. The number of fused-ring (bicyclic) bond motifs is 1. The number of aliphatic carboxylic acids is 1. The summed E-state index contributed by atoms with van der Waals surface area (Å²) in [5.74, 6) is -1.09. The summed E-state index contributed by atoms with van der Waals surface area (Å²) < 4.78 is 5.52. The van der Waals surface area contributed by atoms with E-state index in [1.165, 1.54) is 0 Å². The van der Waals surface area contributed by atoms with E-state index >= 15 is 0 Å². The molecule has 7 nitrogen and oxygen atoms in total. The lowest BCUT2D eigenvalue weighted by atomic mass is 10.1. The fourth-order valence-electron chi connectivity index (χ4n) is 2.13. The van der Waals surface area contributed by atoms with Crippen LogP contribution in [0.5, 0.6) is 0 Å². The Morgan fingerprint density at radius 2 is 2.14 bits per heavy atom. The monoisotopic (exact) mass is 287 g/mol. The van der Waals surface area contributed by atoms with E-state index in [0.29, 0.717) is 29.7 Å². The summed E-state index contributed by atoms with van der Waals surface area (Å²) in [5, 5.41) is 14.0. The molecule has 0 saturated heterocycles. The van der Waals surface area contributed by atoms with Gasteiger partial charge in [-0.2, -0.15) is 10.1 Å². The number of carboxylic acid groups (broad SMARTS) is 1.